The minimum absolute atomic E-state index is 0.116. The van der Waals surface area contributed by atoms with E-state index in [9.17, 15) is 4.79 Å². The van der Waals surface area contributed by atoms with Crippen LogP contribution in [0.2, 0.25) is 0 Å². The molecule has 0 unspecified atom stereocenters. The van der Waals surface area contributed by atoms with Gasteiger partial charge in [-0.05, 0) is 44.0 Å². The number of amides is 1. The van der Waals surface area contributed by atoms with Gasteiger partial charge in [0.25, 0.3) is 0 Å². The number of benzene rings is 1. The molecule has 3 rings (SSSR count). The number of hydrogen-bond acceptors (Lipinski definition) is 4. The summed E-state index contributed by atoms with van der Waals surface area (Å²) in [7, 11) is 0. The van der Waals surface area contributed by atoms with Gasteiger partial charge in [0.2, 0.25) is 5.91 Å². The first-order valence-corrected chi connectivity index (χ1v) is 9.22. The molecule has 0 spiro atoms. The van der Waals surface area contributed by atoms with Crippen molar-refractivity contribution >= 4 is 5.91 Å². The van der Waals surface area contributed by atoms with E-state index < -0.39 is 0 Å². The van der Waals surface area contributed by atoms with E-state index in [0.717, 1.165) is 26.2 Å². The Hall–Kier alpha value is -1.43. The smallest absolute Gasteiger partial charge is 0.234 e. The minimum atomic E-state index is 0.116. The first-order chi connectivity index (χ1) is 11.7. The Morgan fingerprint density at radius 1 is 1.17 bits per heavy atom. The van der Waals surface area contributed by atoms with Crippen LogP contribution in [-0.4, -0.2) is 61.0 Å². The molecule has 132 valence electrons. The molecule has 2 heterocycles. The fourth-order valence-electron chi connectivity index (χ4n) is 3.52. The van der Waals surface area contributed by atoms with Crippen LogP contribution in [0.4, 0.5) is 0 Å². The molecule has 2 saturated heterocycles. The second kappa shape index (κ2) is 8.60. The zero-order chi connectivity index (χ0) is 16.8. The summed E-state index contributed by atoms with van der Waals surface area (Å²) in [4.78, 5) is 16.9. The van der Waals surface area contributed by atoms with Gasteiger partial charge in [0.15, 0.2) is 0 Å². The van der Waals surface area contributed by atoms with Crippen molar-refractivity contribution in [2.45, 2.75) is 38.9 Å². The van der Waals surface area contributed by atoms with Gasteiger partial charge in [0, 0.05) is 38.8 Å². The van der Waals surface area contributed by atoms with Crippen LogP contribution >= 0.6 is 0 Å². The van der Waals surface area contributed by atoms with Crippen LogP contribution in [0.15, 0.2) is 24.3 Å². The molecule has 2 fully saturated rings. The standard InChI is InChI=1S/C19H30N4O/c1-16-12-20-8-11-23(16)15-19(24)21-13-17-4-6-18(7-5-17)14-22-9-2-3-10-22/h4-7,16,20H,2-3,8-15H2,1H3,(H,21,24)/t16-/m1/s1. The van der Waals surface area contributed by atoms with Gasteiger partial charge in [0.1, 0.15) is 0 Å². The van der Waals surface area contributed by atoms with E-state index >= 15 is 0 Å². The van der Waals surface area contributed by atoms with E-state index in [1.807, 2.05) is 0 Å². The summed E-state index contributed by atoms with van der Waals surface area (Å²) < 4.78 is 0. The van der Waals surface area contributed by atoms with E-state index in [1.54, 1.807) is 0 Å². The second-order valence-corrected chi connectivity index (χ2v) is 7.10. The van der Waals surface area contributed by atoms with Crippen molar-refractivity contribution in [1.29, 1.82) is 0 Å². The molecule has 0 aromatic heterocycles. The lowest BCUT2D eigenvalue weighted by molar-refractivity contribution is -0.123. The maximum atomic E-state index is 12.1. The van der Waals surface area contributed by atoms with Crippen LogP contribution in [0.3, 0.4) is 0 Å². The zero-order valence-electron chi connectivity index (χ0n) is 14.8. The summed E-state index contributed by atoms with van der Waals surface area (Å²) in [5.74, 6) is 0.116. The molecule has 1 aromatic carbocycles. The lowest BCUT2D eigenvalue weighted by Gasteiger charge is -2.33. The Labute approximate surface area is 145 Å². The molecular formula is C19H30N4O. The average molecular weight is 330 g/mol. The summed E-state index contributed by atoms with van der Waals surface area (Å²) >= 11 is 0. The average Bonchev–Trinajstić information content (AvgIpc) is 3.09. The molecule has 24 heavy (non-hydrogen) atoms. The molecule has 2 N–H and O–H groups in total. The fraction of sp³-hybridized carbons (Fsp3) is 0.632. The van der Waals surface area contributed by atoms with Crippen molar-refractivity contribution in [3.8, 4) is 0 Å². The van der Waals surface area contributed by atoms with Gasteiger partial charge < -0.3 is 10.6 Å². The van der Waals surface area contributed by atoms with Crippen LogP contribution in [0, 0.1) is 0 Å². The number of carbonyl (C=O) groups is 1. The number of likely N-dealkylation sites (tertiary alicyclic amines) is 1. The first-order valence-electron chi connectivity index (χ1n) is 9.22. The molecule has 1 amide bonds. The lowest BCUT2D eigenvalue weighted by atomic mass is 10.1. The van der Waals surface area contributed by atoms with Crippen molar-refractivity contribution in [2.24, 2.45) is 0 Å². The molecule has 0 aliphatic carbocycles. The number of carbonyl (C=O) groups excluding carboxylic acids is 1. The van der Waals surface area contributed by atoms with Crippen LogP contribution in [0.5, 0.6) is 0 Å². The number of nitrogens with one attached hydrogen (secondary N) is 2. The van der Waals surface area contributed by atoms with Crippen molar-refractivity contribution in [3.63, 3.8) is 0 Å². The topological polar surface area (TPSA) is 47.6 Å². The molecule has 5 nitrogen and oxygen atoms in total. The Bertz CT molecular complexity index is 525. The van der Waals surface area contributed by atoms with Crippen LogP contribution in [-0.2, 0) is 17.9 Å². The van der Waals surface area contributed by atoms with Crippen LogP contribution in [0.1, 0.15) is 30.9 Å². The van der Waals surface area contributed by atoms with E-state index in [0.29, 0.717) is 19.1 Å². The zero-order valence-corrected chi connectivity index (χ0v) is 14.8. The molecule has 1 aromatic rings. The summed E-state index contributed by atoms with van der Waals surface area (Å²) in [6, 6.07) is 9.09. The quantitative estimate of drug-likeness (QED) is 0.823. The Balaban J connectivity index is 1.41. The first kappa shape index (κ1) is 17.4. The third kappa shape index (κ3) is 5.03. The van der Waals surface area contributed by atoms with Gasteiger partial charge in [-0.15, -0.1) is 0 Å². The lowest BCUT2D eigenvalue weighted by Crippen LogP contribution is -2.52. The maximum absolute atomic E-state index is 12.1. The predicted molar refractivity (Wildman–Crippen MR) is 96.7 cm³/mol. The van der Waals surface area contributed by atoms with Crippen molar-refractivity contribution in [3.05, 3.63) is 35.4 Å². The van der Waals surface area contributed by atoms with Crippen LogP contribution < -0.4 is 10.6 Å². The summed E-state index contributed by atoms with van der Waals surface area (Å²) in [5.41, 5.74) is 2.53. The number of piperazine rings is 1. The van der Waals surface area contributed by atoms with E-state index in [2.05, 4.69) is 51.6 Å². The number of rotatable bonds is 6. The molecule has 0 bridgehead atoms. The number of nitrogens with zero attached hydrogens (tertiary/aromatic N) is 2. The van der Waals surface area contributed by atoms with Gasteiger partial charge in [-0.1, -0.05) is 24.3 Å². The van der Waals surface area contributed by atoms with Gasteiger partial charge in [-0.2, -0.15) is 0 Å². The highest BCUT2D eigenvalue weighted by Gasteiger charge is 2.19. The van der Waals surface area contributed by atoms with Crippen molar-refractivity contribution < 1.29 is 4.79 Å². The summed E-state index contributed by atoms with van der Waals surface area (Å²) in [6.07, 6.45) is 2.66. The van der Waals surface area contributed by atoms with E-state index in [-0.39, 0.29) is 5.91 Å². The highest BCUT2D eigenvalue weighted by Crippen LogP contribution is 2.13. The summed E-state index contributed by atoms with van der Waals surface area (Å²) in [6.45, 7) is 9.65. The molecular weight excluding hydrogens is 300 g/mol. The predicted octanol–water partition coefficient (Wildman–Crippen LogP) is 1.19. The fourth-order valence-corrected chi connectivity index (χ4v) is 3.52. The third-order valence-corrected chi connectivity index (χ3v) is 5.10. The maximum Gasteiger partial charge on any atom is 0.234 e. The SMILES string of the molecule is C[C@@H]1CNCCN1CC(=O)NCc1ccc(CN2CCCC2)cc1. The van der Waals surface area contributed by atoms with Gasteiger partial charge >= 0.3 is 0 Å². The minimum Gasteiger partial charge on any atom is -0.351 e. The van der Waals surface area contributed by atoms with Gasteiger partial charge in [-0.3, -0.25) is 14.6 Å². The molecule has 2 aliphatic heterocycles. The van der Waals surface area contributed by atoms with Crippen LogP contribution in [0.25, 0.3) is 0 Å². The molecule has 2 aliphatic rings. The largest absolute Gasteiger partial charge is 0.351 e. The molecule has 0 radical (unpaired) electrons. The monoisotopic (exact) mass is 330 g/mol. The van der Waals surface area contributed by atoms with E-state index in [4.69, 9.17) is 0 Å². The van der Waals surface area contributed by atoms with Gasteiger partial charge in [-0.25, -0.2) is 0 Å². The normalized spacial score (nSPS) is 22.6. The molecule has 5 heteroatoms. The van der Waals surface area contributed by atoms with Crippen molar-refractivity contribution in [2.75, 3.05) is 39.3 Å². The third-order valence-electron chi connectivity index (χ3n) is 5.10. The Morgan fingerprint density at radius 2 is 1.88 bits per heavy atom. The molecule has 1 atom stereocenters. The summed E-state index contributed by atoms with van der Waals surface area (Å²) in [5, 5.41) is 6.40. The van der Waals surface area contributed by atoms with Crippen molar-refractivity contribution in [1.82, 2.24) is 20.4 Å². The number of hydrogen-bond donors (Lipinski definition) is 2. The van der Waals surface area contributed by atoms with E-state index in [1.165, 1.54) is 37.1 Å². The highest BCUT2D eigenvalue weighted by atomic mass is 16.2. The van der Waals surface area contributed by atoms with Gasteiger partial charge in [0.05, 0.1) is 6.54 Å². The second-order valence-electron chi connectivity index (χ2n) is 7.10. The Morgan fingerprint density at radius 3 is 2.58 bits per heavy atom. The Kier molecular flexibility index (Phi) is 6.24. The highest BCUT2D eigenvalue weighted by molar-refractivity contribution is 5.78. The molecule has 0 saturated carbocycles.